The van der Waals surface area contributed by atoms with Gasteiger partial charge in [0.05, 0.1) is 0 Å². The van der Waals surface area contributed by atoms with Crippen LogP contribution in [0.4, 0.5) is 14.5 Å². The summed E-state index contributed by atoms with van der Waals surface area (Å²) >= 11 is 1.17. The molecule has 0 spiro atoms. The van der Waals surface area contributed by atoms with E-state index in [1.165, 1.54) is 30.0 Å². The first-order chi connectivity index (χ1) is 7.65. The minimum atomic E-state index is -0.394. The minimum absolute atomic E-state index is 0.333. The molecule has 0 aliphatic heterocycles. The molecule has 16 heavy (non-hydrogen) atoms. The number of hydrogen-bond acceptors (Lipinski definition) is 2. The van der Waals surface area contributed by atoms with Gasteiger partial charge in [-0.15, -0.1) is 0 Å². The molecule has 4 heteroatoms. The van der Waals surface area contributed by atoms with E-state index in [1.54, 1.807) is 24.3 Å². The molecule has 0 amide bonds. The third-order valence-electron chi connectivity index (χ3n) is 1.98. The quantitative estimate of drug-likeness (QED) is 0.806. The summed E-state index contributed by atoms with van der Waals surface area (Å²) in [6.07, 6.45) is 0. The summed E-state index contributed by atoms with van der Waals surface area (Å²) in [5, 5.41) is 0. The van der Waals surface area contributed by atoms with E-state index in [1.807, 2.05) is 0 Å². The lowest BCUT2D eigenvalue weighted by Crippen LogP contribution is -1.87. The standard InChI is InChI=1S/C12H9F2NS/c13-8-2-1-3-10(6-8)16-12-5-4-9(15)7-11(12)14/h1-7H,15H2. The molecule has 0 saturated carbocycles. The van der Waals surface area contributed by atoms with Crippen LogP contribution < -0.4 is 5.73 Å². The average Bonchev–Trinajstić information content (AvgIpc) is 2.22. The summed E-state index contributed by atoms with van der Waals surface area (Å²) in [5.74, 6) is -0.727. The number of anilines is 1. The molecular weight excluding hydrogens is 228 g/mol. The summed E-state index contributed by atoms with van der Waals surface area (Å²) in [4.78, 5) is 1.09. The first-order valence-corrected chi connectivity index (χ1v) is 5.45. The van der Waals surface area contributed by atoms with Gasteiger partial charge in [-0.1, -0.05) is 17.8 Å². The van der Waals surface area contributed by atoms with Gasteiger partial charge in [0, 0.05) is 15.5 Å². The van der Waals surface area contributed by atoms with E-state index in [4.69, 9.17) is 5.73 Å². The maximum atomic E-state index is 13.4. The average molecular weight is 237 g/mol. The van der Waals surface area contributed by atoms with Gasteiger partial charge < -0.3 is 5.73 Å². The van der Waals surface area contributed by atoms with Crippen LogP contribution in [0.3, 0.4) is 0 Å². The molecule has 0 saturated heterocycles. The van der Waals surface area contributed by atoms with Gasteiger partial charge in [0.2, 0.25) is 0 Å². The van der Waals surface area contributed by atoms with Crippen LogP contribution in [-0.4, -0.2) is 0 Å². The van der Waals surface area contributed by atoms with Gasteiger partial charge in [-0.05, 0) is 36.4 Å². The van der Waals surface area contributed by atoms with Crippen molar-refractivity contribution in [1.82, 2.24) is 0 Å². The Hall–Kier alpha value is -1.55. The predicted octanol–water partition coefficient (Wildman–Crippen LogP) is 3.70. The Morgan fingerprint density at radius 2 is 1.81 bits per heavy atom. The summed E-state index contributed by atoms with van der Waals surface area (Å²) in [5.41, 5.74) is 5.81. The molecule has 0 heterocycles. The number of benzene rings is 2. The number of nitrogen functional groups attached to an aromatic ring is 1. The van der Waals surface area contributed by atoms with Gasteiger partial charge in [-0.2, -0.15) is 0 Å². The van der Waals surface area contributed by atoms with Crippen molar-refractivity contribution in [2.24, 2.45) is 0 Å². The van der Waals surface area contributed by atoms with Crippen LogP contribution in [0.25, 0.3) is 0 Å². The summed E-state index contributed by atoms with van der Waals surface area (Å²) in [6, 6.07) is 10.5. The largest absolute Gasteiger partial charge is 0.399 e. The van der Waals surface area contributed by atoms with Crippen LogP contribution in [0, 0.1) is 11.6 Å². The first kappa shape index (κ1) is 11.0. The highest BCUT2D eigenvalue weighted by atomic mass is 32.2. The molecular formula is C12H9F2NS. The summed E-state index contributed by atoms with van der Waals surface area (Å²) < 4.78 is 26.3. The van der Waals surface area contributed by atoms with Crippen molar-refractivity contribution >= 4 is 17.4 Å². The Balaban J connectivity index is 2.27. The fourth-order valence-electron chi connectivity index (χ4n) is 1.26. The van der Waals surface area contributed by atoms with Crippen LogP contribution in [0.2, 0.25) is 0 Å². The van der Waals surface area contributed by atoms with E-state index in [-0.39, 0.29) is 5.82 Å². The fourth-order valence-corrected chi connectivity index (χ4v) is 2.12. The third-order valence-corrected chi connectivity index (χ3v) is 3.02. The monoisotopic (exact) mass is 237 g/mol. The summed E-state index contributed by atoms with van der Waals surface area (Å²) in [7, 11) is 0. The molecule has 0 unspecified atom stereocenters. The van der Waals surface area contributed by atoms with Crippen LogP contribution in [0.1, 0.15) is 0 Å². The highest BCUT2D eigenvalue weighted by molar-refractivity contribution is 7.99. The van der Waals surface area contributed by atoms with E-state index in [0.717, 1.165) is 0 Å². The van der Waals surface area contributed by atoms with Crippen molar-refractivity contribution in [2.45, 2.75) is 9.79 Å². The molecule has 2 rings (SSSR count). The second-order valence-corrected chi connectivity index (χ2v) is 4.36. The maximum Gasteiger partial charge on any atom is 0.139 e. The number of nitrogens with two attached hydrogens (primary N) is 1. The zero-order chi connectivity index (χ0) is 11.5. The van der Waals surface area contributed by atoms with Gasteiger partial charge in [0.1, 0.15) is 11.6 Å². The van der Waals surface area contributed by atoms with E-state index >= 15 is 0 Å². The van der Waals surface area contributed by atoms with Gasteiger partial charge >= 0.3 is 0 Å². The van der Waals surface area contributed by atoms with Crippen molar-refractivity contribution < 1.29 is 8.78 Å². The molecule has 0 aliphatic rings. The van der Waals surface area contributed by atoms with Gasteiger partial charge in [0.25, 0.3) is 0 Å². The van der Waals surface area contributed by atoms with Crippen LogP contribution in [0.5, 0.6) is 0 Å². The lowest BCUT2D eigenvalue weighted by atomic mass is 10.3. The molecule has 0 bridgehead atoms. The smallest absolute Gasteiger partial charge is 0.139 e. The lowest BCUT2D eigenvalue weighted by molar-refractivity contribution is 0.602. The van der Waals surface area contributed by atoms with Crippen molar-refractivity contribution in [3.63, 3.8) is 0 Å². The van der Waals surface area contributed by atoms with Crippen LogP contribution in [0.15, 0.2) is 52.3 Å². The lowest BCUT2D eigenvalue weighted by Gasteiger charge is -2.03. The second kappa shape index (κ2) is 4.53. The number of hydrogen-bond donors (Lipinski definition) is 1. The molecule has 2 aromatic rings. The Morgan fingerprint density at radius 3 is 2.50 bits per heavy atom. The minimum Gasteiger partial charge on any atom is -0.399 e. The van der Waals surface area contributed by atoms with Crippen molar-refractivity contribution in [3.05, 3.63) is 54.1 Å². The highest BCUT2D eigenvalue weighted by Gasteiger charge is 2.05. The Morgan fingerprint density at radius 1 is 1.00 bits per heavy atom. The molecule has 0 aromatic heterocycles. The molecule has 82 valence electrons. The second-order valence-electron chi connectivity index (χ2n) is 3.25. The predicted molar refractivity (Wildman–Crippen MR) is 61.3 cm³/mol. The SMILES string of the molecule is Nc1ccc(Sc2cccc(F)c2)c(F)c1. The highest BCUT2D eigenvalue weighted by Crippen LogP contribution is 2.30. The molecule has 0 aliphatic carbocycles. The van der Waals surface area contributed by atoms with E-state index in [2.05, 4.69) is 0 Å². The van der Waals surface area contributed by atoms with Crippen molar-refractivity contribution in [1.29, 1.82) is 0 Å². The van der Waals surface area contributed by atoms with Gasteiger partial charge in [-0.3, -0.25) is 0 Å². The molecule has 0 radical (unpaired) electrons. The maximum absolute atomic E-state index is 13.4. The Bertz CT molecular complexity index is 514. The molecule has 1 nitrogen and oxygen atoms in total. The Labute approximate surface area is 96.3 Å². The normalized spacial score (nSPS) is 10.4. The zero-order valence-electron chi connectivity index (χ0n) is 8.28. The van der Waals surface area contributed by atoms with Crippen LogP contribution >= 0.6 is 11.8 Å². The van der Waals surface area contributed by atoms with E-state index in [9.17, 15) is 8.78 Å². The van der Waals surface area contributed by atoms with Gasteiger partial charge in [0.15, 0.2) is 0 Å². The number of rotatable bonds is 2. The topological polar surface area (TPSA) is 26.0 Å². The van der Waals surface area contributed by atoms with Gasteiger partial charge in [-0.25, -0.2) is 8.78 Å². The molecule has 0 atom stereocenters. The van der Waals surface area contributed by atoms with Crippen LogP contribution in [-0.2, 0) is 0 Å². The van der Waals surface area contributed by atoms with E-state index in [0.29, 0.717) is 15.5 Å². The third kappa shape index (κ3) is 2.52. The molecule has 2 aromatic carbocycles. The zero-order valence-corrected chi connectivity index (χ0v) is 9.10. The fraction of sp³-hybridized carbons (Fsp3) is 0. The van der Waals surface area contributed by atoms with Crippen molar-refractivity contribution in [3.8, 4) is 0 Å². The van der Waals surface area contributed by atoms with E-state index < -0.39 is 5.82 Å². The number of halogens is 2. The summed E-state index contributed by atoms with van der Waals surface area (Å²) in [6.45, 7) is 0. The first-order valence-electron chi connectivity index (χ1n) is 4.63. The Kier molecular flexibility index (Phi) is 3.10. The molecule has 0 fully saturated rings. The molecule has 2 N–H and O–H groups in total. The van der Waals surface area contributed by atoms with Crippen molar-refractivity contribution in [2.75, 3.05) is 5.73 Å².